The average molecular weight is 253 g/mol. The SMILES string of the molecule is CCCCCCOC(=O)CNCP(=O)(O)O. The highest BCUT2D eigenvalue weighted by atomic mass is 31.2. The molecule has 0 aliphatic carbocycles. The molecule has 0 fully saturated rings. The molecule has 0 saturated heterocycles. The van der Waals surface area contributed by atoms with E-state index in [1.807, 2.05) is 0 Å². The minimum atomic E-state index is -4.08. The van der Waals surface area contributed by atoms with Gasteiger partial charge in [-0.15, -0.1) is 0 Å². The van der Waals surface area contributed by atoms with Gasteiger partial charge < -0.3 is 14.5 Å². The molecule has 0 aromatic heterocycles. The first-order valence-electron chi connectivity index (χ1n) is 5.36. The second-order valence-electron chi connectivity index (χ2n) is 3.53. The number of nitrogens with one attached hydrogen (secondary N) is 1. The number of esters is 1. The molecular formula is C9H20NO5P. The van der Waals surface area contributed by atoms with E-state index in [4.69, 9.17) is 14.5 Å². The van der Waals surface area contributed by atoms with Gasteiger partial charge in [0, 0.05) is 0 Å². The fourth-order valence-electron chi connectivity index (χ4n) is 1.07. The molecule has 16 heavy (non-hydrogen) atoms. The molecule has 0 aliphatic heterocycles. The minimum Gasteiger partial charge on any atom is -0.465 e. The van der Waals surface area contributed by atoms with Gasteiger partial charge in [0.25, 0.3) is 0 Å². The lowest BCUT2D eigenvalue weighted by Gasteiger charge is -2.06. The first-order valence-corrected chi connectivity index (χ1v) is 7.16. The lowest BCUT2D eigenvalue weighted by Crippen LogP contribution is -2.25. The number of hydrogen-bond donors (Lipinski definition) is 3. The molecule has 0 saturated carbocycles. The molecular weight excluding hydrogens is 233 g/mol. The summed E-state index contributed by atoms with van der Waals surface area (Å²) in [6, 6.07) is 0. The maximum Gasteiger partial charge on any atom is 0.339 e. The summed E-state index contributed by atoms with van der Waals surface area (Å²) < 4.78 is 15.3. The van der Waals surface area contributed by atoms with Gasteiger partial charge in [0.15, 0.2) is 0 Å². The predicted octanol–water partition coefficient (Wildman–Crippen LogP) is 0.835. The second kappa shape index (κ2) is 8.70. The highest BCUT2D eigenvalue weighted by Gasteiger charge is 2.12. The van der Waals surface area contributed by atoms with Gasteiger partial charge in [-0.25, -0.2) is 0 Å². The molecule has 0 bridgehead atoms. The summed E-state index contributed by atoms with van der Waals surface area (Å²) in [5, 5.41) is 2.34. The Morgan fingerprint density at radius 2 is 2.00 bits per heavy atom. The molecule has 96 valence electrons. The van der Waals surface area contributed by atoms with Crippen LogP contribution in [0.2, 0.25) is 0 Å². The maximum absolute atomic E-state index is 11.0. The number of ether oxygens (including phenoxy) is 1. The van der Waals surface area contributed by atoms with Crippen molar-refractivity contribution in [2.45, 2.75) is 32.6 Å². The molecule has 0 heterocycles. The number of carbonyl (C=O) groups excluding carboxylic acids is 1. The third kappa shape index (κ3) is 11.7. The van der Waals surface area contributed by atoms with Crippen LogP contribution < -0.4 is 5.32 Å². The van der Waals surface area contributed by atoms with Crippen LogP contribution in [0.4, 0.5) is 0 Å². The highest BCUT2D eigenvalue weighted by molar-refractivity contribution is 7.51. The van der Waals surface area contributed by atoms with Gasteiger partial charge in [-0.05, 0) is 6.42 Å². The molecule has 0 amide bonds. The van der Waals surface area contributed by atoms with Crippen LogP contribution in [0.5, 0.6) is 0 Å². The average Bonchev–Trinajstić information content (AvgIpc) is 2.15. The Morgan fingerprint density at radius 3 is 2.56 bits per heavy atom. The Bertz CT molecular complexity index is 240. The molecule has 0 atom stereocenters. The first-order chi connectivity index (χ1) is 7.45. The van der Waals surface area contributed by atoms with Gasteiger partial charge >= 0.3 is 13.6 Å². The smallest absolute Gasteiger partial charge is 0.339 e. The summed E-state index contributed by atoms with van der Waals surface area (Å²) in [5.74, 6) is -0.482. The van der Waals surface area contributed by atoms with E-state index < -0.39 is 19.9 Å². The quantitative estimate of drug-likeness (QED) is 0.320. The van der Waals surface area contributed by atoms with E-state index in [0.29, 0.717) is 6.61 Å². The third-order valence-corrected chi connectivity index (χ3v) is 2.48. The van der Waals surface area contributed by atoms with Crippen LogP contribution in [-0.4, -0.2) is 35.2 Å². The summed E-state index contributed by atoms with van der Waals surface area (Å²) in [6.45, 7) is 2.30. The van der Waals surface area contributed by atoms with Gasteiger partial charge in [-0.2, -0.15) is 0 Å². The molecule has 0 unspecified atom stereocenters. The normalized spacial score (nSPS) is 11.4. The largest absolute Gasteiger partial charge is 0.465 e. The van der Waals surface area contributed by atoms with Crippen molar-refractivity contribution in [1.29, 1.82) is 0 Å². The second-order valence-corrected chi connectivity index (χ2v) is 5.18. The van der Waals surface area contributed by atoms with Crippen LogP contribution in [0.25, 0.3) is 0 Å². The number of hydrogen-bond acceptors (Lipinski definition) is 4. The van der Waals surface area contributed by atoms with Crippen LogP contribution >= 0.6 is 7.60 Å². The lowest BCUT2D eigenvalue weighted by molar-refractivity contribution is -0.142. The van der Waals surface area contributed by atoms with Crippen LogP contribution in [0.3, 0.4) is 0 Å². The van der Waals surface area contributed by atoms with Crippen molar-refractivity contribution in [3.63, 3.8) is 0 Å². The number of carbonyl (C=O) groups is 1. The predicted molar refractivity (Wildman–Crippen MR) is 60.0 cm³/mol. The third-order valence-electron chi connectivity index (χ3n) is 1.85. The van der Waals surface area contributed by atoms with E-state index in [0.717, 1.165) is 25.7 Å². The summed E-state index contributed by atoms with van der Waals surface area (Å²) in [4.78, 5) is 28.0. The van der Waals surface area contributed by atoms with E-state index in [1.54, 1.807) is 0 Å². The summed E-state index contributed by atoms with van der Waals surface area (Å²) >= 11 is 0. The van der Waals surface area contributed by atoms with Gasteiger partial charge in [-0.1, -0.05) is 26.2 Å². The van der Waals surface area contributed by atoms with Gasteiger partial charge in [0.05, 0.1) is 19.4 Å². The fourth-order valence-corrected chi connectivity index (χ4v) is 1.47. The standard InChI is InChI=1S/C9H20NO5P/c1-2-3-4-5-6-15-9(11)7-10-8-16(12,13)14/h10H,2-8H2,1H3,(H2,12,13,14). The molecule has 0 spiro atoms. The highest BCUT2D eigenvalue weighted by Crippen LogP contribution is 2.31. The molecule has 0 radical (unpaired) electrons. The maximum atomic E-state index is 11.0. The van der Waals surface area contributed by atoms with Crippen LogP contribution in [0.15, 0.2) is 0 Å². The molecule has 0 rings (SSSR count). The zero-order valence-electron chi connectivity index (χ0n) is 9.52. The monoisotopic (exact) mass is 253 g/mol. The van der Waals surface area contributed by atoms with E-state index >= 15 is 0 Å². The molecule has 6 nitrogen and oxygen atoms in total. The van der Waals surface area contributed by atoms with Crippen LogP contribution in [0.1, 0.15) is 32.6 Å². The molecule has 0 aliphatic rings. The Hall–Kier alpha value is -0.420. The minimum absolute atomic E-state index is 0.168. The van der Waals surface area contributed by atoms with E-state index in [-0.39, 0.29) is 6.54 Å². The Labute approximate surface area is 95.5 Å². The van der Waals surface area contributed by atoms with Crippen LogP contribution in [0, 0.1) is 0 Å². The molecule has 0 aromatic carbocycles. The van der Waals surface area contributed by atoms with Crippen molar-refractivity contribution >= 4 is 13.6 Å². The topological polar surface area (TPSA) is 95.9 Å². The molecule has 0 aromatic rings. The summed E-state index contributed by atoms with van der Waals surface area (Å²) in [5.41, 5.74) is 0. The van der Waals surface area contributed by atoms with E-state index in [9.17, 15) is 9.36 Å². The number of unbranched alkanes of at least 4 members (excludes halogenated alkanes) is 3. The molecule has 7 heteroatoms. The van der Waals surface area contributed by atoms with Crippen molar-refractivity contribution in [1.82, 2.24) is 5.32 Å². The summed E-state index contributed by atoms with van der Waals surface area (Å²) in [6.07, 6.45) is 3.60. The van der Waals surface area contributed by atoms with Crippen molar-refractivity contribution in [3.05, 3.63) is 0 Å². The van der Waals surface area contributed by atoms with E-state index in [1.165, 1.54) is 0 Å². The summed E-state index contributed by atoms with van der Waals surface area (Å²) in [7, 11) is -4.08. The van der Waals surface area contributed by atoms with Crippen molar-refractivity contribution in [2.24, 2.45) is 0 Å². The van der Waals surface area contributed by atoms with Crippen molar-refractivity contribution < 1.29 is 23.9 Å². The lowest BCUT2D eigenvalue weighted by atomic mass is 10.2. The van der Waals surface area contributed by atoms with Gasteiger partial charge in [0.2, 0.25) is 0 Å². The van der Waals surface area contributed by atoms with Crippen molar-refractivity contribution in [2.75, 3.05) is 19.4 Å². The number of rotatable bonds is 9. The van der Waals surface area contributed by atoms with Crippen LogP contribution in [-0.2, 0) is 14.1 Å². The zero-order chi connectivity index (χ0) is 12.4. The van der Waals surface area contributed by atoms with E-state index in [2.05, 4.69) is 12.2 Å². The van der Waals surface area contributed by atoms with Gasteiger partial charge in [0.1, 0.15) is 0 Å². The molecule has 3 N–H and O–H groups in total. The Kier molecular flexibility index (Phi) is 8.47. The van der Waals surface area contributed by atoms with Gasteiger partial charge in [-0.3, -0.25) is 14.7 Å². The fraction of sp³-hybridized carbons (Fsp3) is 0.889. The Balaban J connectivity index is 3.35. The van der Waals surface area contributed by atoms with Crippen molar-refractivity contribution in [3.8, 4) is 0 Å². The zero-order valence-corrected chi connectivity index (χ0v) is 10.4. The first kappa shape index (κ1) is 15.6. The Morgan fingerprint density at radius 1 is 1.31 bits per heavy atom.